The molecule has 0 saturated carbocycles. The Morgan fingerprint density at radius 2 is 2.04 bits per heavy atom. The fourth-order valence-corrected chi connectivity index (χ4v) is 3.15. The normalized spacial score (nSPS) is 10.8. The molecule has 7 heteroatoms. The number of aromatic amines is 1. The molecule has 0 amide bonds. The quantitative estimate of drug-likeness (QED) is 0.672. The summed E-state index contributed by atoms with van der Waals surface area (Å²) < 4.78 is 7.10. The predicted molar refractivity (Wildman–Crippen MR) is 98.4 cm³/mol. The van der Waals surface area contributed by atoms with Crippen molar-refractivity contribution in [3.8, 4) is 5.75 Å². The third-order valence-electron chi connectivity index (χ3n) is 3.49. The predicted octanol–water partition coefficient (Wildman–Crippen LogP) is 3.91. The molecule has 0 aliphatic carbocycles. The molecule has 2 aromatic carbocycles. The molecule has 1 N–H and O–H groups in total. The Hall–Kier alpha value is -2.25. The largest absolute Gasteiger partial charge is 0.493 e. The highest BCUT2D eigenvalue weighted by atomic mass is 79.9. The zero-order valence-corrected chi connectivity index (χ0v) is 15.1. The van der Waals surface area contributed by atoms with E-state index in [2.05, 4.69) is 20.9 Å². The SMILES string of the molecule is CCOc1ccc(C(=O)n2c(=S)[nH]c3ccccc3c2=O)cc1Br. The summed E-state index contributed by atoms with van der Waals surface area (Å²) in [7, 11) is 0. The molecule has 5 nitrogen and oxygen atoms in total. The third kappa shape index (κ3) is 2.92. The first kappa shape index (κ1) is 16.6. The van der Waals surface area contributed by atoms with Crippen LogP contribution in [0.1, 0.15) is 17.3 Å². The van der Waals surface area contributed by atoms with Crippen molar-refractivity contribution in [3.05, 3.63) is 67.6 Å². The Labute approximate surface area is 151 Å². The van der Waals surface area contributed by atoms with E-state index in [1.807, 2.05) is 6.92 Å². The number of carbonyl (C=O) groups excluding carboxylic acids is 1. The van der Waals surface area contributed by atoms with Crippen molar-refractivity contribution in [3.63, 3.8) is 0 Å². The fraction of sp³-hybridized carbons (Fsp3) is 0.118. The average Bonchev–Trinajstić information content (AvgIpc) is 2.56. The molecule has 0 aliphatic heterocycles. The zero-order valence-electron chi connectivity index (χ0n) is 12.7. The molecule has 0 saturated heterocycles. The maximum absolute atomic E-state index is 12.8. The zero-order chi connectivity index (χ0) is 17.3. The molecule has 0 unspecified atom stereocenters. The van der Waals surface area contributed by atoms with Crippen molar-refractivity contribution in [1.82, 2.24) is 9.55 Å². The number of rotatable bonds is 3. The van der Waals surface area contributed by atoms with Gasteiger partial charge in [-0.1, -0.05) is 12.1 Å². The number of carbonyl (C=O) groups is 1. The van der Waals surface area contributed by atoms with Crippen LogP contribution in [0.4, 0.5) is 0 Å². The minimum Gasteiger partial charge on any atom is -0.493 e. The Kier molecular flexibility index (Phi) is 4.64. The summed E-state index contributed by atoms with van der Waals surface area (Å²) in [6.45, 7) is 2.39. The van der Waals surface area contributed by atoms with Crippen LogP contribution < -0.4 is 10.3 Å². The molecule has 0 spiro atoms. The van der Waals surface area contributed by atoms with E-state index in [0.29, 0.717) is 33.3 Å². The van der Waals surface area contributed by atoms with E-state index in [4.69, 9.17) is 17.0 Å². The number of para-hydroxylation sites is 1. The van der Waals surface area contributed by atoms with Crippen molar-refractivity contribution in [2.45, 2.75) is 6.92 Å². The number of hydrogen-bond donors (Lipinski definition) is 1. The lowest BCUT2D eigenvalue weighted by atomic mass is 10.2. The van der Waals surface area contributed by atoms with Crippen LogP contribution in [-0.4, -0.2) is 22.1 Å². The van der Waals surface area contributed by atoms with Crippen LogP contribution in [0.5, 0.6) is 5.75 Å². The van der Waals surface area contributed by atoms with Crippen LogP contribution in [0.25, 0.3) is 10.9 Å². The van der Waals surface area contributed by atoms with Gasteiger partial charge in [-0.05, 0) is 65.4 Å². The van der Waals surface area contributed by atoms with Gasteiger partial charge >= 0.3 is 0 Å². The second-order valence-corrected chi connectivity index (χ2v) is 6.24. The lowest BCUT2D eigenvalue weighted by Crippen LogP contribution is -2.29. The summed E-state index contributed by atoms with van der Waals surface area (Å²) in [5, 5.41) is 0.407. The fourth-order valence-electron chi connectivity index (χ4n) is 2.38. The third-order valence-corrected chi connectivity index (χ3v) is 4.39. The van der Waals surface area contributed by atoms with Crippen molar-refractivity contribution < 1.29 is 9.53 Å². The highest BCUT2D eigenvalue weighted by Crippen LogP contribution is 2.26. The van der Waals surface area contributed by atoms with Crippen LogP contribution in [0, 0.1) is 4.77 Å². The Morgan fingerprint density at radius 1 is 1.29 bits per heavy atom. The van der Waals surface area contributed by atoms with Crippen molar-refractivity contribution in [1.29, 1.82) is 0 Å². The number of benzene rings is 2. The van der Waals surface area contributed by atoms with Crippen molar-refractivity contribution in [2.24, 2.45) is 0 Å². The van der Waals surface area contributed by atoms with E-state index in [9.17, 15) is 9.59 Å². The van der Waals surface area contributed by atoms with Gasteiger partial charge in [0.25, 0.3) is 11.5 Å². The van der Waals surface area contributed by atoms with Crippen molar-refractivity contribution >= 4 is 45.0 Å². The standard InChI is InChI=1S/C17H13BrN2O3S/c1-2-23-14-8-7-10(9-12(14)18)15(21)20-16(22)11-5-3-4-6-13(11)19-17(20)24/h3-9H,2H2,1H3,(H,19,24). The van der Waals surface area contributed by atoms with Gasteiger partial charge < -0.3 is 9.72 Å². The highest BCUT2D eigenvalue weighted by molar-refractivity contribution is 9.10. The number of fused-ring (bicyclic) bond motifs is 1. The smallest absolute Gasteiger partial charge is 0.269 e. The minimum atomic E-state index is -0.490. The first-order valence-electron chi connectivity index (χ1n) is 7.24. The van der Waals surface area contributed by atoms with Gasteiger partial charge in [0.2, 0.25) is 0 Å². The molecule has 24 heavy (non-hydrogen) atoms. The van der Waals surface area contributed by atoms with Gasteiger partial charge in [-0.15, -0.1) is 0 Å². The molecule has 3 aromatic rings. The first-order chi connectivity index (χ1) is 11.5. The van der Waals surface area contributed by atoms with Gasteiger partial charge in [-0.25, -0.2) is 4.57 Å². The van der Waals surface area contributed by atoms with Crippen molar-refractivity contribution in [2.75, 3.05) is 6.61 Å². The van der Waals surface area contributed by atoms with E-state index in [-0.39, 0.29) is 4.77 Å². The monoisotopic (exact) mass is 404 g/mol. The average molecular weight is 405 g/mol. The number of ether oxygens (including phenoxy) is 1. The lowest BCUT2D eigenvalue weighted by molar-refractivity contribution is 0.0953. The summed E-state index contributed by atoms with van der Waals surface area (Å²) in [5.41, 5.74) is 0.496. The lowest BCUT2D eigenvalue weighted by Gasteiger charge is -2.09. The number of halogens is 1. The molecule has 0 atom stereocenters. The molecule has 3 rings (SSSR count). The maximum Gasteiger partial charge on any atom is 0.269 e. The maximum atomic E-state index is 12.8. The molecule has 0 fully saturated rings. The van der Waals surface area contributed by atoms with E-state index in [1.54, 1.807) is 42.5 Å². The Morgan fingerprint density at radius 3 is 2.75 bits per heavy atom. The van der Waals surface area contributed by atoms with Gasteiger partial charge in [-0.3, -0.25) is 9.59 Å². The number of hydrogen-bond acceptors (Lipinski definition) is 4. The van der Waals surface area contributed by atoms with E-state index < -0.39 is 11.5 Å². The van der Waals surface area contributed by atoms with Gasteiger partial charge in [0, 0.05) is 5.56 Å². The van der Waals surface area contributed by atoms with Crippen LogP contribution in [-0.2, 0) is 0 Å². The second-order valence-electron chi connectivity index (χ2n) is 5.00. The number of aromatic nitrogens is 2. The molecule has 0 bridgehead atoms. The summed E-state index contributed by atoms with van der Waals surface area (Å²) in [6.07, 6.45) is 0. The van der Waals surface area contributed by atoms with Gasteiger partial charge in [0.1, 0.15) is 5.75 Å². The second kappa shape index (κ2) is 6.70. The van der Waals surface area contributed by atoms with E-state index in [1.165, 1.54) is 0 Å². The summed E-state index contributed by atoms with van der Waals surface area (Å²) in [5.74, 6) is 0.140. The number of nitrogens with zero attached hydrogens (tertiary/aromatic N) is 1. The summed E-state index contributed by atoms with van der Waals surface area (Å²) in [4.78, 5) is 28.3. The molecular weight excluding hydrogens is 392 g/mol. The molecule has 0 radical (unpaired) electrons. The molecule has 1 aromatic heterocycles. The van der Waals surface area contributed by atoms with Crippen LogP contribution in [0.2, 0.25) is 0 Å². The van der Waals surface area contributed by atoms with E-state index in [0.717, 1.165) is 4.57 Å². The van der Waals surface area contributed by atoms with E-state index >= 15 is 0 Å². The van der Waals surface area contributed by atoms with Gasteiger partial charge in [0.05, 0.1) is 22.0 Å². The number of H-pyrrole nitrogens is 1. The molecule has 1 heterocycles. The van der Waals surface area contributed by atoms with Gasteiger partial charge in [0.15, 0.2) is 4.77 Å². The van der Waals surface area contributed by atoms with Crippen LogP contribution in [0.15, 0.2) is 51.7 Å². The highest BCUT2D eigenvalue weighted by Gasteiger charge is 2.16. The molecule has 122 valence electrons. The van der Waals surface area contributed by atoms with Crippen LogP contribution in [0.3, 0.4) is 0 Å². The summed E-state index contributed by atoms with van der Waals surface area (Å²) >= 11 is 8.56. The molecular formula is C17H13BrN2O3S. The summed E-state index contributed by atoms with van der Waals surface area (Å²) in [6, 6.07) is 11.8. The van der Waals surface area contributed by atoms with Gasteiger partial charge in [-0.2, -0.15) is 0 Å². The minimum absolute atomic E-state index is 0.0636. The Balaban J connectivity index is 2.14. The number of nitrogens with one attached hydrogen (secondary N) is 1. The molecule has 0 aliphatic rings. The first-order valence-corrected chi connectivity index (χ1v) is 8.44. The van der Waals surface area contributed by atoms with Crippen LogP contribution >= 0.6 is 28.1 Å². The topological polar surface area (TPSA) is 64.1 Å². The Bertz CT molecular complexity index is 1060.